The Morgan fingerprint density at radius 1 is 0.875 bits per heavy atom. The van der Waals surface area contributed by atoms with Gasteiger partial charge in [0.25, 0.3) is 5.91 Å². The number of carbonyl (C=O) groups excluding carboxylic acids is 2. The lowest BCUT2D eigenvalue weighted by Crippen LogP contribution is -2.45. The first-order valence-electron chi connectivity index (χ1n) is 11.7. The number of carbonyl (C=O) groups is 2. The van der Waals surface area contributed by atoms with Crippen LogP contribution in [-0.4, -0.2) is 47.8 Å². The van der Waals surface area contributed by atoms with Crippen molar-refractivity contribution in [1.29, 1.82) is 0 Å². The van der Waals surface area contributed by atoms with E-state index in [4.69, 9.17) is 0 Å². The van der Waals surface area contributed by atoms with Crippen molar-refractivity contribution in [2.45, 2.75) is 45.2 Å². The van der Waals surface area contributed by atoms with E-state index in [9.17, 15) is 14.0 Å². The van der Waals surface area contributed by atoms with E-state index in [1.807, 2.05) is 0 Å². The van der Waals surface area contributed by atoms with Crippen molar-refractivity contribution in [3.05, 3.63) is 71.0 Å². The van der Waals surface area contributed by atoms with Crippen molar-refractivity contribution in [3.63, 3.8) is 0 Å². The Kier molecular flexibility index (Phi) is 7.53. The Bertz CT molecular complexity index is 908. The summed E-state index contributed by atoms with van der Waals surface area (Å²) in [6.07, 6.45) is 5.48. The maximum Gasteiger partial charge on any atom is 0.253 e. The highest BCUT2D eigenvalue weighted by Gasteiger charge is 2.28. The molecule has 1 atom stereocenters. The second kappa shape index (κ2) is 10.7. The molecule has 2 aromatic carbocycles. The van der Waals surface area contributed by atoms with Crippen LogP contribution in [0.4, 0.5) is 4.39 Å². The predicted molar refractivity (Wildman–Crippen MR) is 122 cm³/mol. The monoisotopic (exact) mass is 437 g/mol. The van der Waals surface area contributed by atoms with Gasteiger partial charge in [0.1, 0.15) is 5.82 Å². The summed E-state index contributed by atoms with van der Waals surface area (Å²) in [5.74, 6) is -0.741. The lowest BCUT2D eigenvalue weighted by molar-refractivity contribution is -0.126. The molecule has 1 N–H and O–H groups in total. The van der Waals surface area contributed by atoms with Crippen LogP contribution in [0.3, 0.4) is 0 Å². The lowest BCUT2D eigenvalue weighted by Gasteiger charge is -2.32. The molecule has 1 unspecified atom stereocenters. The highest BCUT2D eigenvalue weighted by Crippen LogP contribution is 2.20. The van der Waals surface area contributed by atoms with Gasteiger partial charge in [-0.05, 0) is 74.2 Å². The summed E-state index contributed by atoms with van der Waals surface area (Å²) in [5.41, 5.74) is 2.84. The van der Waals surface area contributed by atoms with Crippen molar-refractivity contribution < 1.29 is 14.0 Å². The van der Waals surface area contributed by atoms with E-state index >= 15 is 0 Å². The molecule has 0 aliphatic carbocycles. The van der Waals surface area contributed by atoms with E-state index in [0.29, 0.717) is 25.2 Å². The second-order valence-corrected chi connectivity index (χ2v) is 8.97. The number of nitrogens with one attached hydrogen (secondary N) is 1. The summed E-state index contributed by atoms with van der Waals surface area (Å²) >= 11 is 0. The Balaban J connectivity index is 1.26. The SMILES string of the molecule is O=C(NCc1ccc(CN2CCCCC2)cc1)C1CCCN(C(=O)c2ccc(F)cc2)C1. The van der Waals surface area contributed by atoms with Gasteiger partial charge < -0.3 is 10.2 Å². The average Bonchev–Trinajstić information content (AvgIpc) is 2.84. The molecule has 2 heterocycles. The molecule has 0 bridgehead atoms. The smallest absolute Gasteiger partial charge is 0.253 e. The van der Waals surface area contributed by atoms with Crippen LogP contribution in [0, 0.1) is 11.7 Å². The number of hydrogen-bond donors (Lipinski definition) is 1. The molecule has 2 fully saturated rings. The number of rotatable bonds is 6. The fourth-order valence-electron chi connectivity index (χ4n) is 4.62. The maximum atomic E-state index is 13.1. The zero-order chi connectivity index (χ0) is 22.3. The normalized spacial score (nSPS) is 19.5. The quantitative estimate of drug-likeness (QED) is 0.744. The summed E-state index contributed by atoms with van der Waals surface area (Å²) in [6, 6.07) is 14.1. The van der Waals surface area contributed by atoms with Gasteiger partial charge in [-0.3, -0.25) is 14.5 Å². The summed E-state index contributed by atoms with van der Waals surface area (Å²) in [6.45, 7) is 4.87. The van der Waals surface area contributed by atoms with Crippen LogP contribution in [0.5, 0.6) is 0 Å². The van der Waals surface area contributed by atoms with E-state index in [0.717, 1.165) is 24.9 Å². The standard InChI is InChI=1S/C26H32FN3O2/c27-24-12-10-22(11-13-24)26(32)30-16-4-5-23(19-30)25(31)28-17-20-6-8-21(9-7-20)18-29-14-2-1-3-15-29/h6-13,23H,1-5,14-19H2,(H,28,31). The van der Waals surface area contributed by atoms with Crippen LogP contribution in [0.25, 0.3) is 0 Å². The van der Waals surface area contributed by atoms with Gasteiger partial charge >= 0.3 is 0 Å². The van der Waals surface area contributed by atoms with Crippen LogP contribution in [0.1, 0.15) is 53.6 Å². The minimum atomic E-state index is -0.364. The molecular formula is C26H32FN3O2. The summed E-state index contributed by atoms with van der Waals surface area (Å²) < 4.78 is 13.1. The van der Waals surface area contributed by atoms with Gasteiger partial charge in [0.2, 0.25) is 5.91 Å². The number of nitrogens with zero attached hydrogens (tertiary/aromatic N) is 2. The molecule has 5 nitrogen and oxygen atoms in total. The molecule has 2 saturated heterocycles. The zero-order valence-corrected chi connectivity index (χ0v) is 18.6. The van der Waals surface area contributed by atoms with Gasteiger partial charge in [-0.2, -0.15) is 0 Å². The Labute approximate surface area is 189 Å². The number of piperidine rings is 2. The minimum absolute atomic E-state index is 0.0148. The van der Waals surface area contributed by atoms with Gasteiger partial charge in [0.15, 0.2) is 0 Å². The highest BCUT2D eigenvalue weighted by atomic mass is 19.1. The maximum absolute atomic E-state index is 13.1. The molecule has 0 saturated carbocycles. The second-order valence-electron chi connectivity index (χ2n) is 8.97. The third-order valence-corrected chi connectivity index (χ3v) is 6.52. The highest BCUT2D eigenvalue weighted by molar-refractivity contribution is 5.94. The Hall–Kier alpha value is -2.73. The van der Waals surface area contributed by atoms with E-state index in [-0.39, 0.29) is 23.5 Å². The molecule has 2 aliphatic rings. The number of hydrogen-bond acceptors (Lipinski definition) is 3. The molecule has 2 amide bonds. The van der Waals surface area contributed by atoms with Crippen molar-refractivity contribution in [3.8, 4) is 0 Å². The third-order valence-electron chi connectivity index (χ3n) is 6.52. The van der Waals surface area contributed by atoms with Crippen LogP contribution < -0.4 is 5.32 Å². The van der Waals surface area contributed by atoms with Gasteiger partial charge in [-0.25, -0.2) is 4.39 Å². The Morgan fingerprint density at radius 2 is 1.56 bits per heavy atom. The first kappa shape index (κ1) is 22.5. The van der Waals surface area contributed by atoms with E-state index in [1.54, 1.807) is 4.90 Å². The topological polar surface area (TPSA) is 52.7 Å². The van der Waals surface area contributed by atoms with Crippen molar-refractivity contribution in [2.75, 3.05) is 26.2 Å². The molecule has 4 rings (SSSR count). The van der Waals surface area contributed by atoms with Gasteiger partial charge in [-0.1, -0.05) is 30.7 Å². The number of halogens is 1. The molecule has 2 aliphatic heterocycles. The van der Waals surface area contributed by atoms with Crippen LogP contribution in [0.2, 0.25) is 0 Å². The average molecular weight is 438 g/mol. The summed E-state index contributed by atoms with van der Waals surface area (Å²) in [7, 11) is 0. The lowest BCUT2D eigenvalue weighted by atomic mass is 9.96. The van der Waals surface area contributed by atoms with Crippen molar-refractivity contribution in [1.82, 2.24) is 15.1 Å². The molecule has 0 aromatic heterocycles. The molecule has 2 aromatic rings. The van der Waals surface area contributed by atoms with Crippen molar-refractivity contribution >= 4 is 11.8 Å². The molecule has 0 spiro atoms. The Morgan fingerprint density at radius 3 is 2.28 bits per heavy atom. The summed E-state index contributed by atoms with van der Waals surface area (Å²) in [5, 5.41) is 3.04. The summed E-state index contributed by atoms with van der Waals surface area (Å²) in [4.78, 5) is 29.7. The largest absolute Gasteiger partial charge is 0.352 e. The number of likely N-dealkylation sites (tertiary alicyclic amines) is 2. The van der Waals surface area contributed by atoms with Crippen LogP contribution in [0.15, 0.2) is 48.5 Å². The van der Waals surface area contributed by atoms with E-state index in [2.05, 4.69) is 34.5 Å². The van der Waals surface area contributed by atoms with Gasteiger partial charge in [0.05, 0.1) is 5.92 Å². The predicted octanol–water partition coefficient (Wildman–Crippen LogP) is 3.98. The van der Waals surface area contributed by atoms with Crippen LogP contribution in [-0.2, 0) is 17.9 Å². The van der Waals surface area contributed by atoms with Gasteiger partial charge in [-0.15, -0.1) is 0 Å². The molecule has 6 heteroatoms. The van der Waals surface area contributed by atoms with E-state index < -0.39 is 0 Å². The van der Waals surface area contributed by atoms with E-state index in [1.165, 1.54) is 62.2 Å². The first-order chi connectivity index (χ1) is 15.6. The van der Waals surface area contributed by atoms with Gasteiger partial charge in [0, 0.05) is 31.7 Å². The fraction of sp³-hybridized carbons (Fsp3) is 0.462. The van der Waals surface area contributed by atoms with Crippen LogP contribution >= 0.6 is 0 Å². The fourth-order valence-corrected chi connectivity index (χ4v) is 4.62. The van der Waals surface area contributed by atoms with Crippen molar-refractivity contribution in [2.24, 2.45) is 5.92 Å². The molecular weight excluding hydrogens is 405 g/mol. The number of benzene rings is 2. The number of amides is 2. The molecule has 32 heavy (non-hydrogen) atoms. The third kappa shape index (κ3) is 5.94. The first-order valence-corrected chi connectivity index (χ1v) is 11.7. The zero-order valence-electron chi connectivity index (χ0n) is 18.6. The minimum Gasteiger partial charge on any atom is -0.352 e. The molecule has 170 valence electrons. The molecule has 0 radical (unpaired) electrons.